The quantitative estimate of drug-likeness (QED) is 0.872. The minimum absolute atomic E-state index is 0.371. The number of rotatable bonds is 5. The predicted octanol–water partition coefficient (Wildman–Crippen LogP) is 3.71. The topological polar surface area (TPSA) is 55.1 Å². The number of thiophene rings is 1. The monoisotopic (exact) mass is 338 g/mol. The molecule has 2 rings (SSSR count). The van der Waals surface area contributed by atoms with E-state index in [1.165, 1.54) is 4.88 Å². The molecule has 0 fully saturated rings. The number of nitrogens with one attached hydrogen (secondary N) is 1. The molecule has 0 aliphatic heterocycles. The van der Waals surface area contributed by atoms with E-state index in [4.69, 9.17) is 5.73 Å². The molecular formula is C14H15BrN2OS. The second kappa shape index (κ2) is 6.21. The van der Waals surface area contributed by atoms with E-state index >= 15 is 0 Å². The Labute approximate surface area is 125 Å². The number of carbonyl (C=O) groups excluding carboxylic acids is 1. The number of carbonyl (C=O) groups is 1. The molecule has 19 heavy (non-hydrogen) atoms. The van der Waals surface area contributed by atoms with Crippen LogP contribution < -0.4 is 11.1 Å². The zero-order valence-corrected chi connectivity index (χ0v) is 12.9. The molecule has 0 saturated carbocycles. The Morgan fingerprint density at radius 1 is 1.42 bits per heavy atom. The van der Waals surface area contributed by atoms with Crippen molar-refractivity contribution in [1.82, 2.24) is 0 Å². The van der Waals surface area contributed by atoms with E-state index in [-0.39, 0.29) is 5.91 Å². The molecular weight excluding hydrogens is 324 g/mol. The van der Waals surface area contributed by atoms with Gasteiger partial charge in [0.25, 0.3) is 0 Å². The molecule has 1 amide bonds. The van der Waals surface area contributed by atoms with Crippen molar-refractivity contribution < 1.29 is 4.79 Å². The smallest absolute Gasteiger partial charge is 0.245 e. The maximum Gasteiger partial charge on any atom is 0.245 e. The Kier molecular flexibility index (Phi) is 4.61. The highest BCUT2D eigenvalue weighted by molar-refractivity contribution is 9.10. The first-order valence-corrected chi connectivity index (χ1v) is 7.61. The van der Waals surface area contributed by atoms with Crippen LogP contribution in [0.15, 0.2) is 40.9 Å². The lowest BCUT2D eigenvalue weighted by Crippen LogP contribution is -2.26. The second-order valence-electron chi connectivity index (χ2n) is 4.15. The summed E-state index contributed by atoms with van der Waals surface area (Å²) in [5.41, 5.74) is 6.36. The molecule has 0 bridgehead atoms. The molecule has 0 spiro atoms. The third-order valence-electron chi connectivity index (χ3n) is 2.74. The van der Waals surface area contributed by atoms with Crippen molar-refractivity contribution in [1.29, 1.82) is 0 Å². The zero-order chi connectivity index (χ0) is 13.8. The summed E-state index contributed by atoms with van der Waals surface area (Å²) in [6.45, 7) is 2.09. The summed E-state index contributed by atoms with van der Waals surface area (Å²) in [7, 11) is 0. The summed E-state index contributed by atoms with van der Waals surface area (Å²) >= 11 is 5.02. The predicted molar refractivity (Wildman–Crippen MR) is 83.4 cm³/mol. The number of hydrogen-bond donors (Lipinski definition) is 2. The lowest BCUT2D eigenvalue weighted by Gasteiger charge is -2.15. The highest BCUT2D eigenvalue weighted by atomic mass is 79.9. The number of benzene rings is 1. The molecule has 0 saturated heterocycles. The van der Waals surface area contributed by atoms with Gasteiger partial charge in [0.2, 0.25) is 5.91 Å². The second-order valence-corrected chi connectivity index (χ2v) is 6.26. The number of primary amides is 1. The van der Waals surface area contributed by atoms with E-state index in [9.17, 15) is 4.79 Å². The molecule has 1 heterocycles. The van der Waals surface area contributed by atoms with Crippen molar-refractivity contribution in [2.45, 2.75) is 19.4 Å². The normalized spacial score (nSPS) is 12.1. The maximum absolute atomic E-state index is 11.6. The summed E-state index contributed by atoms with van der Waals surface area (Å²) < 4.78 is 0.959. The lowest BCUT2D eigenvalue weighted by atomic mass is 10.2. The first kappa shape index (κ1) is 14.1. The summed E-state index contributed by atoms with van der Waals surface area (Å²) in [4.78, 5) is 13.8. The Hall–Kier alpha value is -1.33. The van der Waals surface area contributed by atoms with Gasteiger partial charge in [0.05, 0.1) is 0 Å². The van der Waals surface area contributed by atoms with Crippen LogP contribution in [-0.2, 0) is 11.2 Å². The van der Waals surface area contributed by atoms with Crippen molar-refractivity contribution in [3.8, 4) is 0 Å². The minimum atomic E-state index is -0.486. The molecule has 100 valence electrons. The number of anilines is 1. The van der Waals surface area contributed by atoms with Crippen molar-refractivity contribution in [3.63, 3.8) is 0 Å². The first-order chi connectivity index (χ1) is 9.10. The van der Waals surface area contributed by atoms with E-state index in [2.05, 4.69) is 28.2 Å². The molecule has 3 N–H and O–H groups in total. The van der Waals surface area contributed by atoms with Crippen molar-refractivity contribution >= 4 is 38.9 Å². The fourth-order valence-electron chi connectivity index (χ4n) is 1.77. The Balaban J connectivity index is 2.23. The van der Waals surface area contributed by atoms with Crippen LogP contribution in [-0.4, -0.2) is 5.91 Å². The van der Waals surface area contributed by atoms with E-state index in [0.29, 0.717) is 0 Å². The summed E-state index contributed by atoms with van der Waals surface area (Å²) in [6.07, 6.45) is 0.965. The van der Waals surface area contributed by atoms with E-state index in [1.807, 2.05) is 36.4 Å². The largest absolute Gasteiger partial charge is 0.369 e. The first-order valence-electron chi connectivity index (χ1n) is 6.00. The number of hydrogen-bond acceptors (Lipinski definition) is 3. The fraction of sp³-hybridized carbons (Fsp3) is 0.214. The standard InChI is InChI=1S/C14H15BrN2OS/c1-2-11-6-7-12(19-11)13(14(16)18)17-10-5-3-4-9(15)8-10/h3-8,13,17H,2H2,1H3,(H2,16,18). The van der Waals surface area contributed by atoms with Crippen molar-refractivity contribution in [2.24, 2.45) is 5.73 Å². The molecule has 0 radical (unpaired) electrons. The molecule has 3 nitrogen and oxygen atoms in total. The zero-order valence-electron chi connectivity index (χ0n) is 10.5. The third-order valence-corrected chi connectivity index (χ3v) is 4.52. The highest BCUT2D eigenvalue weighted by Gasteiger charge is 2.19. The van der Waals surface area contributed by atoms with Gasteiger partial charge in [0.15, 0.2) is 0 Å². The average molecular weight is 339 g/mol. The van der Waals surface area contributed by atoms with E-state index in [0.717, 1.165) is 21.5 Å². The summed E-state index contributed by atoms with van der Waals surface area (Å²) in [5, 5.41) is 3.18. The SMILES string of the molecule is CCc1ccc(C(Nc2cccc(Br)c2)C(N)=O)s1. The van der Waals surface area contributed by atoms with Crippen LogP contribution in [0.2, 0.25) is 0 Å². The van der Waals surface area contributed by atoms with Gasteiger partial charge in [-0.1, -0.05) is 28.9 Å². The Bertz CT molecular complexity index is 582. The van der Waals surface area contributed by atoms with Crippen LogP contribution in [0.25, 0.3) is 0 Å². The molecule has 1 unspecified atom stereocenters. The molecule has 2 aromatic rings. The molecule has 1 atom stereocenters. The van der Waals surface area contributed by atoms with Crippen molar-refractivity contribution in [2.75, 3.05) is 5.32 Å². The van der Waals surface area contributed by atoms with Gasteiger partial charge in [-0.25, -0.2) is 0 Å². The highest BCUT2D eigenvalue weighted by Crippen LogP contribution is 2.27. The van der Waals surface area contributed by atoms with E-state index < -0.39 is 6.04 Å². The van der Waals surface area contributed by atoms with E-state index in [1.54, 1.807) is 11.3 Å². The fourth-order valence-corrected chi connectivity index (χ4v) is 3.18. The number of halogens is 1. The van der Waals surface area contributed by atoms with Gasteiger partial charge in [-0.15, -0.1) is 11.3 Å². The van der Waals surface area contributed by atoms with Crippen LogP contribution in [0.3, 0.4) is 0 Å². The van der Waals surface area contributed by atoms with Gasteiger partial charge in [0.1, 0.15) is 6.04 Å². The van der Waals surface area contributed by atoms with Gasteiger partial charge >= 0.3 is 0 Å². The molecule has 1 aromatic carbocycles. The van der Waals surface area contributed by atoms with Crippen LogP contribution in [0, 0.1) is 0 Å². The summed E-state index contributed by atoms with van der Waals surface area (Å²) in [6, 6.07) is 11.2. The summed E-state index contributed by atoms with van der Waals surface area (Å²) in [5.74, 6) is -0.371. The number of aryl methyl sites for hydroxylation is 1. The molecule has 0 aliphatic rings. The van der Waals surface area contributed by atoms with Gasteiger partial charge < -0.3 is 11.1 Å². The van der Waals surface area contributed by atoms with Gasteiger partial charge in [-0.2, -0.15) is 0 Å². The molecule has 1 aromatic heterocycles. The van der Waals surface area contributed by atoms with Gasteiger partial charge in [0, 0.05) is 19.9 Å². The van der Waals surface area contributed by atoms with Crippen LogP contribution in [0.5, 0.6) is 0 Å². The van der Waals surface area contributed by atoms with Crippen LogP contribution >= 0.6 is 27.3 Å². The third kappa shape index (κ3) is 3.58. The molecule has 5 heteroatoms. The van der Waals surface area contributed by atoms with Crippen LogP contribution in [0.4, 0.5) is 5.69 Å². The van der Waals surface area contributed by atoms with Gasteiger partial charge in [-0.3, -0.25) is 4.79 Å². The lowest BCUT2D eigenvalue weighted by molar-refractivity contribution is -0.118. The number of amides is 1. The Morgan fingerprint density at radius 3 is 2.79 bits per heavy atom. The average Bonchev–Trinajstić information content (AvgIpc) is 2.84. The van der Waals surface area contributed by atoms with Crippen LogP contribution in [0.1, 0.15) is 22.7 Å². The van der Waals surface area contributed by atoms with Crippen molar-refractivity contribution in [3.05, 3.63) is 50.6 Å². The minimum Gasteiger partial charge on any atom is -0.369 e. The maximum atomic E-state index is 11.6. The molecule has 0 aliphatic carbocycles. The van der Waals surface area contributed by atoms with Gasteiger partial charge in [-0.05, 0) is 36.8 Å². The number of nitrogens with two attached hydrogens (primary N) is 1. The Morgan fingerprint density at radius 2 is 2.21 bits per heavy atom.